The molecule has 0 radical (unpaired) electrons. The molecule has 1 rings (SSSR count). The van der Waals surface area contributed by atoms with Gasteiger partial charge in [0.15, 0.2) is 0 Å². The minimum absolute atomic E-state index is 0.281. The van der Waals surface area contributed by atoms with Crippen LogP contribution in [0.2, 0.25) is 0 Å². The van der Waals surface area contributed by atoms with Gasteiger partial charge < -0.3 is 4.90 Å². The Balaban J connectivity index is 2.55. The summed E-state index contributed by atoms with van der Waals surface area (Å²) in [5.74, 6) is 0. The number of nitrogens with zero attached hydrogens (tertiary/aromatic N) is 2. The third-order valence-corrected chi connectivity index (χ3v) is 2.98. The molecular weight excluding hydrogens is 220 g/mol. The molecule has 0 saturated carbocycles. The van der Waals surface area contributed by atoms with Gasteiger partial charge in [-0.3, -0.25) is 0 Å². The van der Waals surface area contributed by atoms with E-state index in [9.17, 15) is 0 Å². The summed E-state index contributed by atoms with van der Waals surface area (Å²) in [6, 6.07) is 11.2. The van der Waals surface area contributed by atoms with Crippen molar-refractivity contribution in [3.63, 3.8) is 0 Å². The van der Waals surface area contributed by atoms with E-state index in [-0.39, 0.29) is 5.41 Å². The molecule has 0 spiro atoms. The third kappa shape index (κ3) is 4.89. The molecule has 0 fully saturated rings. The van der Waals surface area contributed by atoms with Crippen molar-refractivity contribution in [2.24, 2.45) is 5.41 Å². The van der Waals surface area contributed by atoms with Crippen LogP contribution in [0.3, 0.4) is 0 Å². The lowest BCUT2D eigenvalue weighted by Gasteiger charge is -2.24. The number of hydrogen-bond donors (Lipinski definition) is 0. The molecule has 1 aromatic rings. The van der Waals surface area contributed by atoms with E-state index in [1.807, 2.05) is 13.8 Å². The van der Waals surface area contributed by atoms with Gasteiger partial charge in [-0.15, -0.1) is 0 Å². The highest BCUT2D eigenvalue weighted by molar-refractivity contribution is 5.22. The van der Waals surface area contributed by atoms with Gasteiger partial charge in [-0.1, -0.05) is 37.6 Å². The summed E-state index contributed by atoms with van der Waals surface area (Å²) in [4.78, 5) is 2.21. The standard InChI is InChI=1S/C16H24N2/c1-5-6-14-7-9-15(10-8-14)11-18(4)13-16(2,3)12-17/h7-10H,5-6,11,13H2,1-4H3. The van der Waals surface area contributed by atoms with Gasteiger partial charge in [0.25, 0.3) is 0 Å². The molecule has 0 heterocycles. The van der Waals surface area contributed by atoms with Crippen LogP contribution < -0.4 is 0 Å². The number of benzene rings is 1. The molecule has 0 unspecified atom stereocenters. The molecule has 0 aliphatic carbocycles. The Kier molecular flexibility index (Phi) is 5.37. The summed E-state index contributed by atoms with van der Waals surface area (Å²) in [5, 5.41) is 9.03. The molecule has 2 nitrogen and oxygen atoms in total. The number of rotatable bonds is 6. The summed E-state index contributed by atoms with van der Waals surface area (Å²) in [6.07, 6.45) is 2.34. The molecular formula is C16H24N2. The minimum atomic E-state index is -0.281. The predicted octanol–water partition coefficient (Wildman–Crippen LogP) is 3.62. The largest absolute Gasteiger partial charge is 0.301 e. The lowest BCUT2D eigenvalue weighted by molar-refractivity contribution is 0.249. The Morgan fingerprint density at radius 2 is 1.72 bits per heavy atom. The van der Waals surface area contributed by atoms with Crippen LogP contribution in [-0.4, -0.2) is 18.5 Å². The fourth-order valence-corrected chi connectivity index (χ4v) is 2.18. The quantitative estimate of drug-likeness (QED) is 0.764. The number of hydrogen-bond acceptors (Lipinski definition) is 2. The molecule has 1 aromatic carbocycles. The monoisotopic (exact) mass is 244 g/mol. The molecule has 0 bridgehead atoms. The highest BCUT2D eigenvalue weighted by atomic mass is 15.1. The lowest BCUT2D eigenvalue weighted by atomic mass is 9.95. The van der Waals surface area contributed by atoms with Crippen LogP contribution in [-0.2, 0) is 13.0 Å². The zero-order valence-electron chi connectivity index (χ0n) is 12.0. The normalized spacial score (nSPS) is 11.6. The first-order valence-corrected chi connectivity index (χ1v) is 6.64. The van der Waals surface area contributed by atoms with Crippen LogP contribution >= 0.6 is 0 Å². The Labute approximate surface area is 111 Å². The Bertz CT molecular complexity index is 398. The molecule has 2 heteroatoms. The highest BCUT2D eigenvalue weighted by Gasteiger charge is 2.18. The molecule has 0 amide bonds. The van der Waals surface area contributed by atoms with Gasteiger partial charge in [0.2, 0.25) is 0 Å². The smallest absolute Gasteiger partial charge is 0.0697 e. The molecule has 0 aromatic heterocycles. The minimum Gasteiger partial charge on any atom is -0.301 e. The fourth-order valence-electron chi connectivity index (χ4n) is 2.18. The van der Waals surface area contributed by atoms with Gasteiger partial charge in [-0.2, -0.15) is 5.26 Å². The second kappa shape index (κ2) is 6.56. The zero-order valence-corrected chi connectivity index (χ0v) is 12.0. The molecule has 0 aliphatic rings. The average molecular weight is 244 g/mol. The summed E-state index contributed by atoms with van der Waals surface area (Å²) in [7, 11) is 2.07. The number of aryl methyl sites for hydroxylation is 1. The lowest BCUT2D eigenvalue weighted by Crippen LogP contribution is -2.29. The van der Waals surface area contributed by atoms with Gasteiger partial charge in [0.05, 0.1) is 11.5 Å². The molecule has 0 saturated heterocycles. The van der Waals surface area contributed by atoms with Gasteiger partial charge in [0, 0.05) is 13.1 Å². The maximum atomic E-state index is 9.03. The Morgan fingerprint density at radius 3 is 2.22 bits per heavy atom. The SMILES string of the molecule is CCCc1ccc(CN(C)CC(C)(C)C#N)cc1. The van der Waals surface area contributed by atoms with Crippen molar-refractivity contribution in [3.8, 4) is 6.07 Å². The van der Waals surface area contributed by atoms with E-state index in [0.717, 1.165) is 19.5 Å². The maximum absolute atomic E-state index is 9.03. The van der Waals surface area contributed by atoms with E-state index >= 15 is 0 Å². The maximum Gasteiger partial charge on any atom is 0.0697 e. The second-order valence-corrected chi connectivity index (χ2v) is 5.73. The molecule has 0 aliphatic heterocycles. The van der Waals surface area contributed by atoms with Crippen molar-refractivity contribution in [3.05, 3.63) is 35.4 Å². The number of nitriles is 1. The van der Waals surface area contributed by atoms with Crippen LogP contribution in [0.1, 0.15) is 38.3 Å². The first-order valence-electron chi connectivity index (χ1n) is 6.64. The summed E-state index contributed by atoms with van der Waals surface area (Å²) < 4.78 is 0. The van der Waals surface area contributed by atoms with Crippen LogP contribution in [0.5, 0.6) is 0 Å². The van der Waals surface area contributed by atoms with Gasteiger partial charge in [-0.25, -0.2) is 0 Å². The van der Waals surface area contributed by atoms with Crippen molar-refractivity contribution in [2.45, 2.75) is 40.2 Å². The van der Waals surface area contributed by atoms with Crippen LogP contribution in [0, 0.1) is 16.7 Å². The summed E-state index contributed by atoms with van der Waals surface area (Å²) >= 11 is 0. The van der Waals surface area contributed by atoms with E-state index < -0.39 is 0 Å². The van der Waals surface area contributed by atoms with Crippen molar-refractivity contribution in [2.75, 3.05) is 13.6 Å². The molecule has 0 N–H and O–H groups in total. The molecule has 18 heavy (non-hydrogen) atoms. The van der Waals surface area contributed by atoms with Crippen LogP contribution in [0.4, 0.5) is 0 Å². The van der Waals surface area contributed by atoms with Crippen molar-refractivity contribution < 1.29 is 0 Å². The molecule has 98 valence electrons. The van der Waals surface area contributed by atoms with Gasteiger partial charge in [0.1, 0.15) is 0 Å². The van der Waals surface area contributed by atoms with Gasteiger partial charge in [-0.05, 0) is 38.4 Å². The Morgan fingerprint density at radius 1 is 1.17 bits per heavy atom. The Hall–Kier alpha value is -1.33. The van der Waals surface area contributed by atoms with Crippen molar-refractivity contribution >= 4 is 0 Å². The average Bonchev–Trinajstić information content (AvgIpc) is 2.31. The van der Waals surface area contributed by atoms with Gasteiger partial charge >= 0.3 is 0 Å². The predicted molar refractivity (Wildman–Crippen MR) is 76.2 cm³/mol. The van der Waals surface area contributed by atoms with E-state index in [2.05, 4.69) is 49.2 Å². The van der Waals surface area contributed by atoms with E-state index in [1.165, 1.54) is 17.5 Å². The first kappa shape index (κ1) is 14.7. The van der Waals surface area contributed by atoms with Crippen molar-refractivity contribution in [1.82, 2.24) is 4.90 Å². The second-order valence-electron chi connectivity index (χ2n) is 5.73. The topological polar surface area (TPSA) is 27.0 Å². The van der Waals surface area contributed by atoms with Crippen LogP contribution in [0.25, 0.3) is 0 Å². The van der Waals surface area contributed by atoms with Crippen LogP contribution in [0.15, 0.2) is 24.3 Å². The van der Waals surface area contributed by atoms with E-state index in [0.29, 0.717) is 0 Å². The zero-order chi connectivity index (χ0) is 13.6. The van der Waals surface area contributed by atoms with Crippen molar-refractivity contribution in [1.29, 1.82) is 5.26 Å². The third-order valence-electron chi connectivity index (χ3n) is 2.98. The van der Waals surface area contributed by atoms with E-state index in [1.54, 1.807) is 0 Å². The first-order chi connectivity index (χ1) is 8.46. The van der Waals surface area contributed by atoms with E-state index in [4.69, 9.17) is 5.26 Å². The fraction of sp³-hybridized carbons (Fsp3) is 0.562. The molecule has 0 atom stereocenters. The summed E-state index contributed by atoms with van der Waals surface area (Å²) in [6.45, 7) is 7.85. The highest BCUT2D eigenvalue weighted by Crippen LogP contribution is 2.16. The summed E-state index contributed by atoms with van der Waals surface area (Å²) in [5.41, 5.74) is 2.43.